The number of nitrogen functional groups attached to an aromatic ring is 1. The Kier molecular flexibility index (Phi) is 2.81. The first-order valence-corrected chi connectivity index (χ1v) is 6.31. The molecule has 1 heterocycles. The summed E-state index contributed by atoms with van der Waals surface area (Å²) in [6.07, 6.45) is 5.07. The van der Waals surface area contributed by atoms with E-state index in [0.29, 0.717) is 17.1 Å². The zero-order valence-corrected chi connectivity index (χ0v) is 10.5. The van der Waals surface area contributed by atoms with Crippen LogP contribution in [0, 0.1) is 11.3 Å². The molecule has 1 aliphatic carbocycles. The normalized spacial score (nSPS) is 12.8. The molecule has 0 saturated heterocycles. The van der Waals surface area contributed by atoms with E-state index in [2.05, 4.69) is 28.5 Å². The minimum absolute atomic E-state index is 0.459. The van der Waals surface area contributed by atoms with Crippen LogP contribution in [0.5, 0.6) is 0 Å². The van der Waals surface area contributed by atoms with Crippen molar-refractivity contribution in [3.05, 3.63) is 47.2 Å². The highest BCUT2D eigenvalue weighted by molar-refractivity contribution is 5.66. The number of fused-ring (bicyclic) bond motifs is 1. The molecular weight excluding hydrogens is 236 g/mol. The highest BCUT2D eigenvalue weighted by Gasteiger charge is 2.11. The summed E-state index contributed by atoms with van der Waals surface area (Å²) in [5.41, 5.74) is 10.4. The molecule has 0 atom stereocenters. The maximum Gasteiger partial charge on any atom is 0.148 e. The third-order valence-corrected chi connectivity index (χ3v) is 3.39. The van der Waals surface area contributed by atoms with E-state index in [1.807, 2.05) is 6.07 Å². The summed E-state index contributed by atoms with van der Waals surface area (Å²) in [6.45, 7) is 0. The molecule has 1 aliphatic rings. The van der Waals surface area contributed by atoms with E-state index in [9.17, 15) is 0 Å². The molecule has 4 nitrogen and oxygen atoms in total. The maximum atomic E-state index is 9.09. The number of nitrogens with two attached hydrogens (primary N) is 1. The predicted octanol–water partition coefficient (Wildman–Crippen LogP) is 2.77. The molecule has 94 valence electrons. The number of nitrogens with zero attached hydrogens (tertiary/aromatic N) is 2. The van der Waals surface area contributed by atoms with Gasteiger partial charge >= 0.3 is 0 Å². The van der Waals surface area contributed by atoms with E-state index in [4.69, 9.17) is 11.0 Å². The van der Waals surface area contributed by atoms with E-state index in [1.165, 1.54) is 24.0 Å². The predicted molar refractivity (Wildman–Crippen MR) is 75.1 cm³/mol. The van der Waals surface area contributed by atoms with Crippen LogP contribution in [-0.2, 0) is 12.8 Å². The van der Waals surface area contributed by atoms with E-state index in [1.54, 1.807) is 12.3 Å². The number of nitriles is 1. The van der Waals surface area contributed by atoms with Gasteiger partial charge in [0.25, 0.3) is 0 Å². The lowest BCUT2D eigenvalue weighted by Gasteiger charge is -2.09. The third kappa shape index (κ3) is 2.23. The van der Waals surface area contributed by atoms with Crippen LogP contribution in [0.4, 0.5) is 17.2 Å². The van der Waals surface area contributed by atoms with Crippen LogP contribution in [-0.4, -0.2) is 4.98 Å². The van der Waals surface area contributed by atoms with E-state index in [-0.39, 0.29) is 0 Å². The number of aromatic nitrogens is 1. The number of rotatable bonds is 2. The number of anilines is 3. The molecule has 0 bridgehead atoms. The van der Waals surface area contributed by atoms with Crippen molar-refractivity contribution >= 4 is 17.2 Å². The topological polar surface area (TPSA) is 74.7 Å². The lowest BCUT2D eigenvalue weighted by molar-refractivity contribution is 0.912. The van der Waals surface area contributed by atoms with Crippen molar-refractivity contribution in [2.75, 3.05) is 11.1 Å². The quantitative estimate of drug-likeness (QED) is 0.859. The number of nitrogens with one attached hydrogen (secondary N) is 1. The zero-order valence-electron chi connectivity index (χ0n) is 10.5. The maximum absolute atomic E-state index is 9.09. The van der Waals surface area contributed by atoms with Crippen molar-refractivity contribution in [3.8, 4) is 6.07 Å². The van der Waals surface area contributed by atoms with Crippen molar-refractivity contribution in [1.29, 1.82) is 5.26 Å². The second-order valence-corrected chi connectivity index (χ2v) is 4.74. The van der Waals surface area contributed by atoms with Gasteiger partial charge in [-0.1, -0.05) is 6.07 Å². The summed E-state index contributed by atoms with van der Waals surface area (Å²) in [5, 5.41) is 12.3. The van der Waals surface area contributed by atoms with Crippen LogP contribution in [0.2, 0.25) is 0 Å². The Morgan fingerprint density at radius 3 is 2.89 bits per heavy atom. The van der Waals surface area contributed by atoms with Crippen LogP contribution in [0.15, 0.2) is 30.5 Å². The van der Waals surface area contributed by atoms with Crippen molar-refractivity contribution in [1.82, 2.24) is 4.98 Å². The second-order valence-electron chi connectivity index (χ2n) is 4.74. The number of aryl methyl sites for hydroxylation is 2. The Balaban J connectivity index is 1.92. The second kappa shape index (κ2) is 4.62. The van der Waals surface area contributed by atoms with E-state index in [0.717, 1.165) is 12.1 Å². The minimum atomic E-state index is 0.459. The molecule has 1 aromatic heterocycles. The average molecular weight is 250 g/mol. The molecule has 0 spiro atoms. The molecule has 19 heavy (non-hydrogen) atoms. The average Bonchev–Trinajstić information content (AvgIpc) is 2.88. The molecule has 0 aliphatic heterocycles. The van der Waals surface area contributed by atoms with E-state index < -0.39 is 0 Å². The Morgan fingerprint density at radius 2 is 2.05 bits per heavy atom. The first kappa shape index (κ1) is 11.5. The van der Waals surface area contributed by atoms with Gasteiger partial charge in [-0.15, -0.1) is 0 Å². The summed E-state index contributed by atoms with van der Waals surface area (Å²) >= 11 is 0. The van der Waals surface area contributed by atoms with Crippen LogP contribution in [0.3, 0.4) is 0 Å². The fourth-order valence-electron chi connectivity index (χ4n) is 2.45. The Labute approximate surface area is 111 Å². The highest BCUT2D eigenvalue weighted by Crippen LogP contribution is 2.27. The summed E-state index contributed by atoms with van der Waals surface area (Å²) in [7, 11) is 0. The van der Waals surface area contributed by atoms with Crippen LogP contribution in [0.25, 0.3) is 0 Å². The van der Waals surface area contributed by atoms with Crippen molar-refractivity contribution in [3.63, 3.8) is 0 Å². The van der Waals surface area contributed by atoms with Gasteiger partial charge in [-0.3, -0.25) is 0 Å². The van der Waals surface area contributed by atoms with Gasteiger partial charge in [0.1, 0.15) is 11.9 Å². The van der Waals surface area contributed by atoms with Crippen molar-refractivity contribution < 1.29 is 0 Å². The van der Waals surface area contributed by atoms with Gasteiger partial charge in [-0.2, -0.15) is 5.26 Å². The molecule has 4 heteroatoms. The van der Waals surface area contributed by atoms with Gasteiger partial charge in [0.2, 0.25) is 0 Å². The Hall–Kier alpha value is -2.54. The standard InChI is InChI=1S/C15H14N4/c16-8-12-6-13(17)9-18-15(12)19-14-5-4-10-2-1-3-11(10)7-14/h4-7,9H,1-3,17H2,(H,18,19). The van der Waals surface area contributed by atoms with Gasteiger partial charge in [0.15, 0.2) is 0 Å². The van der Waals surface area contributed by atoms with Gasteiger partial charge < -0.3 is 11.1 Å². The van der Waals surface area contributed by atoms with Crippen LogP contribution >= 0.6 is 0 Å². The Bertz CT molecular complexity index is 670. The lowest BCUT2D eigenvalue weighted by Crippen LogP contribution is -1.99. The van der Waals surface area contributed by atoms with Gasteiger partial charge in [-0.25, -0.2) is 4.98 Å². The third-order valence-electron chi connectivity index (χ3n) is 3.39. The van der Waals surface area contributed by atoms with Crippen LogP contribution in [0.1, 0.15) is 23.1 Å². The molecule has 0 unspecified atom stereocenters. The SMILES string of the molecule is N#Cc1cc(N)cnc1Nc1ccc2c(c1)CCC2. The Morgan fingerprint density at radius 1 is 1.21 bits per heavy atom. The largest absolute Gasteiger partial charge is 0.397 e. The molecule has 0 fully saturated rings. The van der Waals surface area contributed by atoms with Crippen LogP contribution < -0.4 is 11.1 Å². The molecule has 0 amide bonds. The lowest BCUT2D eigenvalue weighted by atomic mass is 10.1. The van der Waals surface area contributed by atoms with E-state index >= 15 is 0 Å². The summed E-state index contributed by atoms with van der Waals surface area (Å²) in [4.78, 5) is 4.18. The fourth-order valence-corrected chi connectivity index (χ4v) is 2.45. The smallest absolute Gasteiger partial charge is 0.148 e. The minimum Gasteiger partial charge on any atom is -0.397 e. The summed E-state index contributed by atoms with van der Waals surface area (Å²) in [5.74, 6) is 0.551. The molecule has 3 N–H and O–H groups in total. The number of pyridine rings is 1. The molecule has 0 radical (unpaired) electrons. The molecular formula is C15H14N4. The fraction of sp³-hybridized carbons (Fsp3) is 0.200. The van der Waals surface area contributed by atoms with Gasteiger partial charge in [-0.05, 0) is 48.6 Å². The number of benzene rings is 1. The summed E-state index contributed by atoms with van der Waals surface area (Å²) in [6, 6.07) is 10.0. The highest BCUT2D eigenvalue weighted by atomic mass is 15.0. The molecule has 0 saturated carbocycles. The molecule has 1 aromatic carbocycles. The molecule has 3 rings (SSSR count). The molecule has 2 aromatic rings. The summed E-state index contributed by atoms with van der Waals surface area (Å²) < 4.78 is 0. The van der Waals surface area contributed by atoms with Gasteiger partial charge in [0, 0.05) is 5.69 Å². The number of hydrogen-bond donors (Lipinski definition) is 2. The zero-order chi connectivity index (χ0) is 13.2. The van der Waals surface area contributed by atoms with Gasteiger partial charge in [0.05, 0.1) is 17.4 Å². The van der Waals surface area contributed by atoms with Crippen molar-refractivity contribution in [2.24, 2.45) is 0 Å². The number of hydrogen-bond acceptors (Lipinski definition) is 4. The monoisotopic (exact) mass is 250 g/mol. The first-order valence-electron chi connectivity index (χ1n) is 6.31. The van der Waals surface area contributed by atoms with Crippen molar-refractivity contribution in [2.45, 2.75) is 19.3 Å². The first-order chi connectivity index (χ1) is 9.26.